The highest BCUT2D eigenvalue weighted by Crippen LogP contribution is 2.15. The van der Waals surface area contributed by atoms with Crippen LogP contribution in [0.15, 0.2) is 54.6 Å². The number of hydrogen-bond donors (Lipinski definition) is 1. The maximum absolute atomic E-state index is 12.4. The summed E-state index contributed by atoms with van der Waals surface area (Å²) in [7, 11) is 3.95. The Balaban J connectivity index is 1.47. The molecule has 0 radical (unpaired) electrons. The van der Waals surface area contributed by atoms with Crippen molar-refractivity contribution in [3.63, 3.8) is 0 Å². The second-order valence-corrected chi connectivity index (χ2v) is 7.23. The number of benzene rings is 2. The summed E-state index contributed by atoms with van der Waals surface area (Å²) in [6.07, 6.45) is 2.03. The third-order valence-corrected chi connectivity index (χ3v) is 5.03. The second-order valence-electron chi connectivity index (χ2n) is 7.23. The SMILES string of the molecule is CN(C)c1ccc(C(=O)NC2CCN(C(=O)Cc3ccccc3)CC2)cc1. The van der Waals surface area contributed by atoms with Crippen LogP contribution in [0, 0.1) is 0 Å². The number of rotatable bonds is 5. The molecule has 1 heterocycles. The summed E-state index contributed by atoms with van der Waals surface area (Å²) in [5, 5.41) is 3.10. The summed E-state index contributed by atoms with van der Waals surface area (Å²) in [6.45, 7) is 1.38. The molecule has 5 nitrogen and oxygen atoms in total. The molecule has 1 N–H and O–H groups in total. The molecule has 0 saturated carbocycles. The summed E-state index contributed by atoms with van der Waals surface area (Å²) in [5.41, 5.74) is 2.78. The van der Waals surface area contributed by atoms with Gasteiger partial charge in [-0.1, -0.05) is 30.3 Å². The second kappa shape index (κ2) is 8.71. The quantitative estimate of drug-likeness (QED) is 0.886. The summed E-state index contributed by atoms with van der Waals surface area (Å²) in [5.74, 6) is 0.111. The van der Waals surface area contributed by atoms with E-state index in [9.17, 15) is 9.59 Å². The molecule has 0 spiro atoms. The van der Waals surface area contributed by atoms with Crippen LogP contribution in [0.1, 0.15) is 28.8 Å². The third-order valence-electron chi connectivity index (χ3n) is 5.03. The summed E-state index contributed by atoms with van der Waals surface area (Å²) >= 11 is 0. The molecule has 2 aromatic carbocycles. The van der Waals surface area contributed by atoms with Gasteiger partial charge in [-0.05, 0) is 42.7 Å². The van der Waals surface area contributed by atoms with E-state index in [0.717, 1.165) is 24.1 Å². The molecule has 2 amide bonds. The van der Waals surface area contributed by atoms with Crippen LogP contribution >= 0.6 is 0 Å². The number of likely N-dealkylation sites (tertiary alicyclic amines) is 1. The number of nitrogens with one attached hydrogen (secondary N) is 1. The first kappa shape index (κ1) is 19.0. The molecule has 0 atom stereocenters. The van der Waals surface area contributed by atoms with Crippen molar-refractivity contribution in [3.8, 4) is 0 Å². The zero-order valence-electron chi connectivity index (χ0n) is 16.0. The van der Waals surface area contributed by atoms with Crippen molar-refractivity contribution >= 4 is 17.5 Å². The van der Waals surface area contributed by atoms with Crippen LogP contribution in [0.4, 0.5) is 5.69 Å². The Kier molecular flexibility index (Phi) is 6.12. The third kappa shape index (κ3) is 5.09. The number of anilines is 1. The predicted octanol–water partition coefficient (Wildman–Crippen LogP) is 2.72. The molecule has 142 valence electrons. The Morgan fingerprint density at radius 3 is 2.22 bits per heavy atom. The molecule has 1 aliphatic rings. The lowest BCUT2D eigenvalue weighted by molar-refractivity contribution is -0.131. The monoisotopic (exact) mass is 365 g/mol. The first-order valence-electron chi connectivity index (χ1n) is 9.43. The molecule has 1 fully saturated rings. The van der Waals surface area contributed by atoms with Gasteiger partial charge in [0.15, 0.2) is 0 Å². The van der Waals surface area contributed by atoms with Gasteiger partial charge in [0, 0.05) is 44.5 Å². The summed E-state index contributed by atoms with van der Waals surface area (Å²) in [4.78, 5) is 28.8. The lowest BCUT2D eigenvalue weighted by Crippen LogP contribution is -2.47. The zero-order valence-corrected chi connectivity index (χ0v) is 16.0. The highest BCUT2D eigenvalue weighted by atomic mass is 16.2. The van der Waals surface area contributed by atoms with E-state index in [4.69, 9.17) is 0 Å². The lowest BCUT2D eigenvalue weighted by atomic mass is 10.0. The highest BCUT2D eigenvalue weighted by Gasteiger charge is 2.24. The number of amides is 2. The van der Waals surface area contributed by atoms with E-state index in [1.165, 1.54) is 0 Å². The first-order chi connectivity index (χ1) is 13.0. The van der Waals surface area contributed by atoms with Crippen LogP contribution in [0.5, 0.6) is 0 Å². The van der Waals surface area contributed by atoms with Gasteiger partial charge in [0.1, 0.15) is 0 Å². The average molecular weight is 365 g/mol. The smallest absolute Gasteiger partial charge is 0.251 e. The Morgan fingerprint density at radius 1 is 1.00 bits per heavy atom. The van der Waals surface area contributed by atoms with E-state index in [1.54, 1.807) is 0 Å². The summed E-state index contributed by atoms with van der Waals surface area (Å²) < 4.78 is 0. The molecule has 1 aliphatic heterocycles. The number of carbonyl (C=O) groups excluding carboxylic acids is 2. The fourth-order valence-electron chi connectivity index (χ4n) is 3.34. The predicted molar refractivity (Wildman–Crippen MR) is 108 cm³/mol. The Hall–Kier alpha value is -2.82. The molecule has 0 aromatic heterocycles. The fraction of sp³-hybridized carbons (Fsp3) is 0.364. The van der Waals surface area contributed by atoms with E-state index in [-0.39, 0.29) is 17.9 Å². The van der Waals surface area contributed by atoms with E-state index < -0.39 is 0 Å². The minimum atomic E-state index is -0.0469. The molecule has 3 rings (SSSR count). The van der Waals surface area contributed by atoms with Crippen LogP contribution in [-0.4, -0.2) is 49.9 Å². The Bertz CT molecular complexity index is 764. The van der Waals surface area contributed by atoms with E-state index in [1.807, 2.05) is 78.5 Å². The molecule has 0 bridgehead atoms. The highest BCUT2D eigenvalue weighted by molar-refractivity contribution is 5.94. The van der Waals surface area contributed by atoms with E-state index in [2.05, 4.69) is 5.32 Å². The van der Waals surface area contributed by atoms with Crippen LogP contribution in [0.25, 0.3) is 0 Å². The van der Waals surface area contributed by atoms with Gasteiger partial charge in [0.25, 0.3) is 5.91 Å². The number of nitrogens with zero attached hydrogens (tertiary/aromatic N) is 2. The van der Waals surface area contributed by atoms with Crippen molar-refractivity contribution in [1.29, 1.82) is 0 Å². The van der Waals surface area contributed by atoms with Crippen molar-refractivity contribution in [3.05, 3.63) is 65.7 Å². The van der Waals surface area contributed by atoms with Crippen LogP contribution in [0.3, 0.4) is 0 Å². The number of hydrogen-bond acceptors (Lipinski definition) is 3. The van der Waals surface area contributed by atoms with Crippen molar-refractivity contribution in [2.75, 3.05) is 32.1 Å². The zero-order chi connectivity index (χ0) is 19.2. The molecular formula is C22H27N3O2. The minimum Gasteiger partial charge on any atom is -0.378 e. The van der Waals surface area contributed by atoms with Gasteiger partial charge in [-0.25, -0.2) is 0 Å². The molecule has 0 unspecified atom stereocenters. The van der Waals surface area contributed by atoms with Gasteiger partial charge in [-0.15, -0.1) is 0 Å². The molecular weight excluding hydrogens is 338 g/mol. The Morgan fingerprint density at radius 2 is 1.63 bits per heavy atom. The molecule has 1 saturated heterocycles. The Labute approximate surface area is 161 Å². The standard InChI is InChI=1S/C22H27N3O2/c1-24(2)20-10-8-18(9-11-20)22(27)23-19-12-14-25(15-13-19)21(26)16-17-6-4-3-5-7-17/h3-11,19H,12-16H2,1-2H3,(H,23,27). The van der Waals surface area contributed by atoms with Gasteiger partial charge >= 0.3 is 0 Å². The maximum Gasteiger partial charge on any atom is 0.251 e. The fourth-order valence-corrected chi connectivity index (χ4v) is 3.34. The van der Waals surface area contributed by atoms with Crippen molar-refractivity contribution in [2.24, 2.45) is 0 Å². The topological polar surface area (TPSA) is 52.7 Å². The number of piperidine rings is 1. The molecule has 5 heteroatoms. The van der Waals surface area contributed by atoms with E-state index >= 15 is 0 Å². The minimum absolute atomic E-state index is 0.0469. The van der Waals surface area contributed by atoms with E-state index in [0.29, 0.717) is 25.1 Å². The van der Waals surface area contributed by atoms with Gasteiger partial charge < -0.3 is 15.1 Å². The van der Waals surface area contributed by atoms with Crippen molar-refractivity contribution < 1.29 is 9.59 Å². The average Bonchev–Trinajstić information content (AvgIpc) is 2.69. The van der Waals surface area contributed by atoms with Crippen LogP contribution < -0.4 is 10.2 Å². The van der Waals surface area contributed by atoms with Crippen LogP contribution in [-0.2, 0) is 11.2 Å². The van der Waals surface area contributed by atoms with Crippen molar-refractivity contribution in [1.82, 2.24) is 10.2 Å². The largest absolute Gasteiger partial charge is 0.378 e. The van der Waals surface area contributed by atoms with Crippen LogP contribution in [0.2, 0.25) is 0 Å². The molecule has 0 aliphatic carbocycles. The normalized spacial score (nSPS) is 14.7. The van der Waals surface area contributed by atoms with Gasteiger partial charge in [-0.2, -0.15) is 0 Å². The molecule has 27 heavy (non-hydrogen) atoms. The first-order valence-corrected chi connectivity index (χ1v) is 9.43. The lowest BCUT2D eigenvalue weighted by Gasteiger charge is -2.32. The molecule has 2 aromatic rings. The van der Waals surface area contributed by atoms with Gasteiger partial charge in [-0.3, -0.25) is 9.59 Å². The van der Waals surface area contributed by atoms with Gasteiger partial charge in [0.05, 0.1) is 6.42 Å². The maximum atomic E-state index is 12.4. The van der Waals surface area contributed by atoms with Crippen molar-refractivity contribution in [2.45, 2.75) is 25.3 Å². The number of carbonyl (C=O) groups is 2. The van der Waals surface area contributed by atoms with Gasteiger partial charge in [0.2, 0.25) is 5.91 Å². The summed E-state index contributed by atoms with van der Waals surface area (Å²) in [6, 6.07) is 17.5.